The van der Waals surface area contributed by atoms with Gasteiger partial charge in [0.1, 0.15) is 0 Å². The second kappa shape index (κ2) is 6.84. The summed E-state index contributed by atoms with van der Waals surface area (Å²) in [6.07, 6.45) is 1.45. The number of nitrogens with zero attached hydrogens (tertiary/aromatic N) is 4. The monoisotopic (exact) mass is 403 g/mol. The smallest absolute Gasteiger partial charge is 0.368 e. The van der Waals surface area contributed by atoms with Gasteiger partial charge in [0.2, 0.25) is 0 Å². The molecule has 9 heteroatoms. The maximum Gasteiger partial charge on any atom is 0.368 e. The molecule has 138 valence electrons. The molecule has 0 atom stereocenters. The molecule has 1 aliphatic carbocycles. The number of hydrogen-bond acceptors (Lipinski definition) is 5. The Kier molecular flexibility index (Phi) is 4.51. The molecular weight excluding hydrogens is 389 g/mol. The van der Waals surface area contributed by atoms with Crippen molar-refractivity contribution >= 4 is 34.5 Å². The van der Waals surface area contributed by atoms with Gasteiger partial charge in [0, 0.05) is 17.6 Å². The van der Waals surface area contributed by atoms with E-state index < -0.39 is 5.69 Å². The van der Waals surface area contributed by atoms with Crippen molar-refractivity contribution in [2.45, 2.75) is 12.8 Å². The van der Waals surface area contributed by atoms with E-state index in [1.165, 1.54) is 7.05 Å². The summed E-state index contributed by atoms with van der Waals surface area (Å²) >= 11 is 12.8. The van der Waals surface area contributed by atoms with E-state index in [0.29, 0.717) is 33.5 Å². The van der Waals surface area contributed by atoms with Crippen LogP contribution in [0.3, 0.4) is 0 Å². The van der Waals surface area contributed by atoms with Crippen molar-refractivity contribution < 1.29 is 4.84 Å². The first-order valence-electron chi connectivity index (χ1n) is 8.19. The minimum atomic E-state index is -0.408. The lowest BCUT2D eigenvalue weighted by molar-refractivity contribution is 0.291. The van der Waals surface area contributed by atoms with E-state index in [1.54, 1.807) is 18.2 Å². The van der Waals surface area contributed by atoms with Gasteiger partial charge in [-0.25, -0.2) is 4.79 Å². The van der Waals surface area contributed by atoms with Crippen LogP contribution in [0.1, 0.15) is 23.1 Å². The van der Waals surface area contributed by atoms with Crippen LogP contribution in [0, 0.1) is 0 Å². The lowest BCUT2D eigenvalue weighted by Gasteiger charge is -2.15. The first-order valence-corrected chi connectivity index (χ1v) is 8.94. The van der Waals surface area contributed by atoms with Crippen LogP contribution < -0.4 is 11.6 Å². The molecule has 0 radical (unpaired) electrons. The Morgan fingerprint density at radius 3 is 2.56 bits per heavy atom. The van der Waals surface area contributed by atoms with E-state index in [9.17, 15) is 4.79 Å². The van der Waals surface area contributed by atoms with Crippen LogP contribution in [0.25, 0.3) is 17.0 Å². The summed E-state index contributed by atoms with van der Waals surface area (Å²) in [5.74, 6) is 6.04. The van der Waals surface area contributed by atoms with Gasteiger partial charge in [-0.2, -0.15) is 15.3 Å². The molecule has 1 aromatic heterocycles. The molecule has 0 aliphatic heterocycles. The van der Waals surface area contributed by atoms with Crippen LogP contribution in [0.4, 0.5) is 0 Å². The molecule has 27 heavy (non-hydrogen) atoms. The van der Waals surface area contributed by atoms with Crippen LogP contribution in [-0.4, -0.2) is 19.8 Å². The van der Waals surface area contributed by atoms with Gasteiger partial charge in [0.05, 0.1) is 16.3 Å². The molecule has 0 amide bonds. The summed E-state index contributed by atoms with van der Waals surface area (Å²) < 4.78 is 2.29. The molecule has 0 fully saturated rings. The summed E-state index contributed by atoms with van der Waals surface area (Å²) in [6, 6.07) is 10.8. The molecule has 2 N–H and O–H groups in total. The molecule has 0 saturated carbocycles. The van der Waals surface area contributed by atoms with Crippen molar-refractivity contribution in [1.82, 2.24) is 19.8 Å². The summed E-state index contributed by atoms with van der Waals surface area (Å²) in [7, 11) is 1.52. The van der Waals surface area contributed by atoms with Gasteiger partial charge in [-0.15, -0.1) is 0 Å². The van der Waals surface area contributed by atoms with Crippen molar-refractivity contribution in [1.29, 1.82) is 0 Å². The molecule has 0 unspecified atom stereocenters. The number of hydrogen-bond donors (Lipinski definition) is 1. The fraction of sp³-hybridized carbons (Fsp3) is 0.167. The van der Waals surface area contributed by atoms with Gasteiger partial charge in [-0.05, 0) is 52.6 Å². The van der Waals surface area contributed by atoms with Gasteiger partial charge in [0.25, 0.3) is 0 Å². The largest absolute Gasteiger partial charge is 0.410 e. The minimum Gasteiger partial charge on any atom is -0.410 e. The first-order chi connectivity index (χ1) is 13.0. The quantitative estimate of drug-likeness (QED) is 0.536. The van der Waals surface area contributed by atoms with Crippen molar-refractivity contribution in [2.24, 2.45) is 12.9 Å². The summed E-state index contributed by atoms with van der Waals surface area (Å²) in [5, 5.41) is 8.75. The molecule has 0 saturated heterocycles. The Bertz CT molecular complexity index is 1130. The van der Waals surface area contributed by atoms with Gasteiger partial charge < -0.3 is 4.84 Å². The number of aryl methyl sites for hydroxylation is 1. The minimum absolute atomic E-state index is 0.383. The standard InChI is InChI=1S/C18H15Cl2N5O2/c1-24-18(26)25(23-22-24)15-7-3-6-14(20)16(15)17(27-21)12-9-8-11-10(12)4-2-5-13(11)19/h2-7H,8-9,21H2,1H3/b17-12+. The highest BCUT2D eigenvalue weighted by Crippen LogP contribution is 2.43. The normalized spacial score (nSPS) is 15.0. The predicted molar refractivity (Wildman–Crippen MR) is 103 cm³/mol. The second-order valence-corrected chi connectivity index (χ2v) is 6.94. The number of benzene rings is 2. The van der Waals surface area contributed by atoms with Crippen LogP contribution in [0.2, 0.25) is 10.0 Å². The third kappa shape index (κ3) is 2.84. The van der Waals surface area contributed by atoms with E-state index in [2.05, 4.69) is 10.4 Å². The maximum absolute atomic E-state index is 12.4. The predicted octanol–water partition coefficient (Wildman–Crippen LogP) is 2.98. The number of nitrogens with two attached hydrogens (primary N) is 1. The molecule has 1 aliphatic rings. The number of aromatic nitrogens is 4. The Hall–Kier alpha value is -2.61. The van der Waals surface area contributed by atoms with Gasteiger partial charge in [0.15, 0.2) is 5.76 Å². The number of halogens is 2. The lowest BCUT2D eigenvalue weighted by atomic mass is 10.0. The Morgan fingerprint density at radius 2 is 1.85 bits per heavy atom. The van der Waals surface area contributed by atoms with Gasteiger partial charge in [-0.3, -0.25) is 0 Å². The lowest BCUT2D eigenvalue weighted by Crippen LogP contribution is -2.23. The van der Waals surface area contributed by atoms with E-state index in [-0.39, 0.29) is 0 Å². The fourth-order valence-electron chi connectivity index (χ4n) is 3.38. The topological polar surface area (TPSA) is 88.0 Å². The molecule has 1 heterocycles. The molecule has 0 bridgehead atoms. The molecule has 4 rings (SSSR count). The highest BCUT2D eigenvalue weighted by Gasteiger charge is 2.27. The van der Waals surface area contributed by atoms with E-state index in [1.807, 2.05) is 18.2 Å². The van der Waals surface area contributed by atoms with Crippen molar-refractivity contribution in [3.8, 4) is 5.69 Å². The van der Waals surface area contributed by atoms with Crippen molar-refractivity contribution in [3.05, 3.63) is 73.6 Å². The fourth-order valence-corrected chi connectivity index (χ4v) is 3.90. The zero-order chi connectivity index (χ0) is 19.1. The number of fused-ring (bicyclic) bond motifs is 1. The average Bonchev–Trinajstić information content (AvgIpc) is 3.23. The van der Waals surface area contributed by atoms with E-state index >= 15 is 0 Å². The average molecular weight is 404 g/mol. The Labute approximate surface area is 164 Å². The number of tetrazole rings is 1. The van der Waals surface area contributed by atoms with Crippen LogP contribution in [0.5, 0.6) is 0 Å². The maximum atomic E-state index is 12.4. The van der Waals surface area contributed by atoms with E-state index in [0.717, 1.165) is 32.5 Å². The van der Waals surface area contributed by atoms with E-state index in [4.69, 9.17) is 33.9 Å². The van der Waals surface area contributed by atoms with Crippen LogP contribution in [-0.2, 0) is 18.3 Å². The van der Waals surface area contributed by atoms with Crippen molar-refractivity contribution in [2.75, 3.05) is 0 Å². The van der Waals surface area contributed by atoms with Gasteiger partial charge in [-0.1, -0.05) is 41.4 Å². The third-order valence-corrected chi connectivity index (χ3v) is 5.30. The molecule has 0 spiro atoms. The number of allylic oxidation sites excluding steroid dienone is 1. The van der Waals surface area contributed by atoms with Crippen LogP contribution in [0.15, 0.2) is 41.2 Å². The SMILES string of the molecule is Cn1nnn(-c2cccc(Cl)c2/C(ON)=C2/CCc3c(Cl)cccc32)c1=O. The summed E-state index contributed by atoms with van der Waals surface area (Å²) in [6.45, 7) is 0. The Balaban J connectivity index is 2.01. The zero-order valence-corrected chi connectivity index (χ0v) is 15.8. The zero-order valence-electron chi connectivity index (χ0n) is 14.3. The molecule has 3 aromatic rings. The van der Waals surface area contributed by atoms with Crippen LogP contribution >= 0.6 is 23.2 Å². The first kappa shape index (κ1) is 17.8. The summed E-state index contributed by atoms with van der Waals surface area (Å²) in [5.41, 5.74) is 3.38. The molecule has 2 aromatic carbocycles. The highest BCUT2D eigenvalue weighted by atomic mass is 35.5. The van der Waals surface area contributed by atoms with Crippen molar-refractivity contribution in [3.63, 3.8) is 0 Å². The van der Waals surface area contributed by atoms with Gasteiger partial charge >= 0.3 is 5.69 Å². The Morgan fingerprint density at radius 1 is 1.11 bits per heavy atom. The molecular formula is C18H15Cl2N5O2. The highest BCUT2D eigenvalue weighted by molar-refractivity contribution is 6.33. The second-order valence-electron chi connectivity index (χ2n) is 6.12. The number of rotatable bonds is 3. The summed E-state index contributed by atoms with van der Waals surface area (Å²) in [4.78, 5) is 17.6. The third-order valence-electron chi connectivity index (χ3n) is 4.63. The molecule has 7 nitrogen and oxygen atoms in total.